The van der Waals surface area contributed by atoms with Crippen molar-refractivity contribution < 1.29 is 9.53 Å². The molecule has 0 amide bonds. The summed E-state index contributed by atoms with van der Waals surface area (Å²) < 4.78 is 5.43. The van der Waals surface area contributed by atoms with E-state index in [0.717, 1.165) is 19.4 Å². The Balaban J connectivity index is 2.16. The fraction of sp³-hybridized carbons (Fsp3) is 0.917. The van der Waals surface area contributed by atoms with Gasteiger partial charge >= 0.3 is 5.97 Å². The van der Waals surface area contributed by atoms with Crippen LogP contribution in [0.3, 0.4) is 0 Å². The van der Waals surface area contributed by atoms with E-state index < -0.39 is 0 Å². The molecular formula is C12H23NO2. The second-order valence-corrected chi connectivity index (χ2v) is 4.41. The molecule has 15 heavy (non-hydrogen) atoms. The van der Waals surface area contributed by atoms with Gasteiger partial charge in [0.05, 0.1) is 6.42 Å². The van der Waals surface area contributed by atoms with Gasteiger partial charge in [-0.25, -0.2) is 0 Å². The predicted octanol–water partition coefficient (Wildman–Crippen LogP) is 2.25. The summed E-state index contributed by atoms with van der Waals surface area (Å²) in [6.07, 6.45) is 6.51. The summed E-state index contributed by atoms with van der Waals surface area (Å²) in [4.78, 5) is 11.5. The molecule has 0 spiro atoms. The minimum absolute atomic E-state index is 0.0460. The highest BCUT2D eigenvalue weighted by atomic mass is 16.5. The van der Waals surface area contributed by atoms with Crippen LogP contribution in [-0.4, -0.2) is 24.7 Å². The van der Waals surface area contributed by atoms with Gasteiger partial charge in [0, 0.05) is 6.04 Å². The third kappa shape index (κ3) is 5.17. The highest BCUT2D eigenvalue weighted by molar-refractivity contribution is 5.70. The van der Waals surface area contributed by atoms with Crippen LogP contribution in [0.15, 0.2) is 0 Å². The average Bonchev–Trinajstić information content (AvgIpc) is 2.19. The summed E-state index contributed by atoms with van der Waals surface area (Å²) in [5, 5.41) is 3.21. The van der Waals surface area contributed by atoms with E-state index in [1.165, 1.54) is 19.3 Å². The molecule has 0 aromatic rings. The van der Waals surface area contributed by atoms with Crippen molar-refractivity contribution in [2.24, 2.45) is 0 Å². The van der Waals surface area contributed by atoms with Crippen molar-refractivity contribution in [3.8, 4) is 0 Å². The number of esters is 1. The van der Waals surface area contributed by atoms with E-state index in [1.807, 2.05) is 13.8 Å². The zero-order valence-corrected chi connectivity index (χ0v) is 9.92. The molecule has 1 atom stereocenters. The van der Waals surface area contributed by atoms with Crippen LogP contribution in [0.4, 0.5) is 0 Å². The third-order valence-corrected chi connectivity index (χ3v) is 2.88. The standard InChI is InChI=1S/C12H23NO2/c1-3-13-10(2)9-12(14)15-11-7-5-4-6-8-11/h10-11,13H,3-9H2,1-2H3. The first-order valence-electron chi connectivity index (χ1n) is 6.15. The molecule has 1 unspecified atom stereocenters. The summed E-state index contributed by atoms with van der Waals surface area (Å²) in [7, 11) is 0. The lowest BCUT2D eigenvalue weighted by atomic mass is 9.98. The van der Waals surface area contributed by atoms with Crippen LogP contribution < -0.4 is 5.32 Å². The maximum absolute atomic E-state index is 11.5. The number of hydrogen-bond acceptors (Lipinski definition) is 3. The van der Waals surface area contributed by atoms with Gasteiger partial charge < -0.3 is 10.1 Å². The molecular weight excluding hydrogens is 190 g/mol. The Morgan fingerprint density at radius 3 is 2.67 bits per heavy atom. The van der Waals surface area contributed by atoms with Crippen LogP contribution in [0.2, 0.25) is 0 Å². The van der Waals surface area contributed by atoms with Crippen LogP contribution >= 0.6 is 0 Å². The van der Waals surface area contributed by atoms with E-state index in [0.29, 0.717) is 6.42 Å². The molecule has 0 bridgehead atoms. The second kappa shape index (κ2) is 6.83. The van der Waals surface area contributed by atoms with E-state index in [4.69, 9.17) is 4.74 Å². The Morgan fingerprint density at radius 2 is 2.07 bits per heavy atom. The molecule has 1 N–H and O–H groups in total. The van der Waals surface area contributed by atoms with Crippen molar-refractivity contribution >= 4 is 5.97 Å². The van der Waals surface area contributed by atoms with Crippen LogP contribution in [0.1, 0.15) is 52.4 Å². The Morgan fingerprint density at radius 1 is 1.40 bits per heavy atom. The largest absolute Gasteiger partial charge is 0.462 e. The monoisotopic (exact) mass is 213 g/mol. The fourth-order valence-electron chi connectivity index (χ4n) is 2.09. The molecule has 88 valence electrons. The van der Waals surface area contributed by atoms with Crippen LogP contribution in [-0.2, 0) is 9.53 Å². The minimum atomic E-state index is -0.0460. The van der Waals surface area contributed by atoms with Crippen molar-refractivity contribution in [3.05, 3.63) is 0 Å². The molecule has 0 heterocycles. The molecule has 0 aliphatic heterocycles. The number of carbonyl (C=O) groups is 1. The Bertz CT molecular complexity index is 188. The topological polar surface area (TPSA) is 38.3 Å². The first kappa shape index (κ1) is 12.5. The first-order valence-corrected chi connectivity index (χ1v) is 6.15. The predicted molar refractivity (Wildman–Crippen MR) is 60.7 cm³/mol. The van der Waals surface area contributed by atoms with Crippen LogP contribution in [0, 0.1) is 0 Å². The van der Waals surface area contributed by atoms with E-state index in [1.54, 1.807) is 0 Å². The summed E-state index contributed by atoms with van der Waals surface area (Å²) in [5.41, 5.74) is 0. The lowest BCUT2D eigenvalue weighted by Gasteiger charge is -2.22. The van der Waals surface area contributed by atoms with E-state index in [2.05, 4.69) is 5.32 Å². The number of hydrogen-bond donors (Lipinski definition) is 1. The number of rotatable bonds is 5. The zero-order chi connectivity index (χ0) is 11.1. The molecule has 1 aliphatic carbocycles. The van der Waals surface area contributed by atoms with Crippen molar-refractivity contribution in [2.45, 2.75) is 64.5 Å². The fourth-order valence-corrected chi connectivity index (χ4v) is 2.09. The van der Waals surface area contributed by atoms with Gasteiger partial charge in [-0.15, -0.1) is 0 Å². The smallest absolute Gasteiger partial charge is 0.307 e. The lowest BCUT2D eigenvalue weighted by Crippen LogP contribution is -2.30. The van der Waals surface area contributed by atoms with Crippen LogP contribution in [0.25, 0.3) is 0 Å². The molecule has 1 saturated carbocycles. The van der Waals surface area contributed by atoms with Gasteiger partial charge in [0.25, 0.3) is 0 Å². The molecule has 0 radical (unpaired) electrons. The van der Waals surface area contributed by atoms with Crippen LogP contribution in [0.5, 0.6) is 0 Å². The van der Waals surface area contributed by atoms with Gasteiger partial charge in [0.15, 0.2) is 0 Å². The Kier molecular flexibility index (Phi) is 5.69. The number of carbonyl (C=O) groups excluding carboxylic acids is 1. The van der Waals surface area contributed by atoms with Gasteiger partial charge in [0.1, 0.15) is 6.10 Å². The van der Waals surface area contributed by atoms with Gasteiger partial charge in [-0.1, -0.05) is 13.3 Å². The van der Waals surface area contributed by atoms with Crippen molar-refractivity contribution in [1.29, 1.82) is 0 Å². The van der Waals surface area contributed by atoms with Gasteiger partial charge in [-0.2, -0.15) is 0 Å². The maximum atomic E-state index is 11.5. The normalized spacial score (nSPS) is 19.9. The summed E-state index contributed by atoms with van der Waals surface area (Å²) in [5.74, 6) is -0.0460. The highest BCUT2D eigenvalue weighted by Crippen LogP contribution is 2.20. The number of nitrogens with one attached hydrogen (secondary N) is 1. The molecule has 0 aromatic carbocycles. The Labute approximate surface area is 92.6 Å². The highest BCUT2D eigenvalue weighted by Gasteiger charge is 2.18. The van der Waals surface area contributed by atoms with Crippen molar-refractivity contribution in [1.82, 2.24) is 5.32 Å². The maximum Gasteiger partial charge on any atom is 0.307 e. The summed E-state index contributed by atoms with van der Waals surface area (Å²) in [6, 6.07) is 0.228. The molecule has 1 fully saturated rings. The quantitative estimate of drug-likeness (QED) is 0.712. The minimum Gasteiger partial charge on any atom is -0.462 e. The lowest BCUT2D eigenvalue weighted by molar-refractivity contribution is -0.151. The van der Waals surface area contributed by atoms with E-state index in [9.17, 15) is 4.79 Å². The van der Waals surface area contributed by atoms with Crippen molar-refractivity contribution in [3.63, 3.8) is 0 Å². The van der Waals surface area contributed by atoms with Gasteiger partial charge in [0.2, 0.25) is 0 Å². The first-order chi connectivity index (χ1) is 7.22. The van der Waals surface area contributed by atoms with Gasteiger partial charge in [-0.3, -0.25) is 4.79 Å². The molecule has 1 rings (SSSR count). The average molecular weight is 213 g/mol. The van der Waals surface area contributed by atoms with E-state index >= 15 is 0 Å². The van der Waals surface area contributed by atoms with Gasteiger partial charge in [-0.05, 0) is 39.2 Å². The SMILES string of the molecule is CCNC(C)CC(=O)OC1CCCCC1. The third-order valence-electron chi connectivity index (χ3n) is 2.88. The van der Waals surface area contributed by atoms with E-state index in [-0.39, 0.29) is 18.1 Å². The molecule has 0 aromatic heterocycles. The molecule has 0 saturated heterocycles. The molecule has 3 nitrogen and oxygen atoms in total. The second-order valence-electron chi connectivity index (χ2n) is 4.41. The summed E-state index contributed by atoms with van der Waals surface area (Å²) in [6.45, 7) is 4.96. The molecule has 3 heteroatoms. The molecule has 1 aliphatic rings. The van der Waals surface area contributed by atoms with Crippen molar-refractivity contribution in [2.75, 3.05) is 6.54 Å². The number of ether oxygens (including phenoxy) is 1. The Hall–Kier alpha value is -0.570. The summed E-state index contributed by atoms with van der Waals surface area (Å²) >= 11 is 0. The zero-order valence-electron chi connectivity index (χ0n) is 9.92.